The van der Waals surface area contributed by atoms with Crippen LogP contribution < -0.4 is 0 Å². The molecule has 4 atom stereocenters. The van der Waals surface area contributed by atoms with Gasteiger partial charge in [0.1, 0.15) is 18.3 Å². The molecule has 0 aromatic carbocycles. The van der Waals surface area contributed by atoms with Crippen LogP contribution >= 0.6 is 22.6 Å². The molecule has 1 aromatic rings. The fraction of sp³-hybridized carbons (Fsp3) is 0.500. The molecule has 1 aliphatic heterocycles. The Hall–Kier alpha value is -0.480. The summed E-state index contributed by atoms with van der Waals surface area (Å²) in [6, 6.07) is 1.64. The van der Waals surface area contributed by atoms with Crippen molar-refractivity contribution in [2.45, 2.75) is 24.5 Å². The number of nitrogens with zero attached hydrogens (tertiary/aromatic N) is 1. The Balaban J connectivity index is 2.31. The van der Waals surface area contributed by atoms with Gasteiger partial charge in [0.05, 0.1) is 12.3 Å². The third-order valence-corrected chi connectivity index (χ3v) is 3.35. The van der Waals surface area contributed by atoms with E-state index in [0.29, 0.717) is 12.0 Å². The quantitative estimate of drug-likeness (QED) is 0.504. The number of aromatic nitrogens is 1. The van der Waals surface area contributed by atoms with Gasteiger partial charge in [-0.05, 0) is 28.7 Å². The first kappa shape index (κ1) is 13.0. The fourth-order valence-corrected chi connectivity index (χ4v) is 2.50. The molecule has 1 aliphatic rings. The van der Waals surface area contributed by atoms with Crippen LogP contribution in [-0.4, -0.2) is 51.1 Å². The molecule has 0 aliphatic carbocycles. The summed E-state index contributed by atoms with van der Waals surface area (Å²) in [5.74, 6) is 0. The highest BCUT2D eigenvalue weighted by atomic mass is 127. The number of rotatable bonds is 3. The molecule has 2 rings (SSSR count). The molecule has 7 heteroatoms. The van der Waals surface area contributed by atoms with Crippen LogP contribution in [0.15, 0.2) is 12.3 Å². The number of carbonyl (C=O) groups is 1. The first-order chi connectivity index (χ1) is 8.08. The standard InChI is InChI=1S/C10H12INO5/c11-5-1-6(3-13)12(2-5)10-9(16)8(15)7(4-14)17-10/h1-3,7-10,14-16H,4H2/t7-,8?,9?,10-/m1/s1. The van der Waals surface area contributed by atoms with Crippen LogP contribution in [0.1, 0.15) is 16.7 Å². The number of carbonyl (C=O) groups excluding carboxylic acids is 1. The van der Waals surface area contributed by atoms with Gasteiger partial charge in [-0.3, -0.25) is 4.79 Å². The molecule has 94 valence electrons. The number of halogens is 1. The normalized spacial score (nSPS) is 32.9. The van der Waals surface area contributed by atoms with Crippen molar-refractivity contribution in [1.29, 1.82) is 0 Å². The summed E-state index contributed by atoms with van der Waals surface area (Å²) >= 11 is 2.03. The average molecular weight is 353 g/mol. The van der Waals surface area contributed by atoms with Gasteiger partial charge in [0.2, 0.25) is 0 Å². The lowest BCUT2D eigenvalue weighted by Gasteiger charge is -2.17. The van der Waals surface area contributed by atoms with E-state index in [1.54, 1.807) is 12.3 Å². The summed E-state index contributed by atoms with van der Waals surface area (Å²) in [5, 5.41) is 28.4. The van der Waals surface area contributed by atoms with Crippen LogP contribution in [0.25, 0.3) is 0 Å². The van der Waals surface area contributed by atoms with Crippen molar-refractivity contribution in [2.24, 2.45) is 0 Å². The maximum Gasteiger partial charge on any atom is 0.166 e. The van der Waals surface area contributed by atoms with E-state index in [0.717, 1.165) is 3.57 Å². The minimum Gasteiger partial charge on any atom is -0.394 e. The van der Waals surface area contributed by atoms with E-state index in [-0.39, 0.29) is 6.61 Å². The maximum atomic E-state index is 10.9. The Bertz CT molecular complexity index is 421. The van der Waals surface area contributed by atoms with E-state index in [2.05, 4.69) is 0 Å². The minimum atomic E-state index is -1.17. The lowest BCUT2D eigenvalue weighted by atomic mass is 10.1. The topological polar surface area (TPSA) is 91.9 Å². The van der Waals surface area contributed by atoms with Crippen LogP contribution in [-0.2, 0) is 4.74 Å². The monoisotopic (exact) mass is 353 g/mol. The Morgan fingerprint density at radius 2 is 2.18 bits per heavy atom. The van der Waals surface area contributed by atoms with Crippen LogP contribution in [0.5, 0.6) is 0 Å². The van der Waals surface area contributed by atoms with Crippen LogP contribution in [0.3, 0.4) is 0 Å². The molecule has 0 amide bonds. The second kappa shape index (κ2) is 5.02. The summed E-state index contributed by atoms with van der Waals surface area (Å²) in [7, 11) is 0. The molecular weight excluding hydrogens is 341 g/mol. The Morgan fingerprint density at radius 1 is 1.47 bits per heavy atom. The Labute approximate surface area is 111 Å². The largest absolute Gasteiger partial charge is 0.394 e. The third kappa shape index (κ3) is 2.25. The molecule has 0 spiro atoms. The zero-order valence-corrected chi connectivity index (χ0v) is 10.9. The van der Waals surface area contributed by atoms with Crippen molar-refractivity contribution in [3.8, 4) is 0 Å². The predicted molar refractivity (Wildman–Crippen MR) is 65.5 cm³/mol. The molecule has 17 heavy (non-hydrogen) atoms. The zero-order chi connectivity index (χ0) is 12.6. The SMILES string of the molecule is O=Cc1cc(I)cn1[C@@H]1O[C@H](CO)C(O)C1O. The smallest absolute Gasteiger partial charge is 0.166 e. The molecule has 0 saturated carbocycles. The van der Waals surface area contributed by atoms with Gasteiger partial charge < -0.3 is 24.6 Å². The summed E-state index contributed by atoms with van der Waals surface area (Å²) in [5.41, 5.74) is 0.351. The summed E-state index contributed by atoms with van der Waals surface area (Å²) in [6.07, 6.45) is -1.74. The van der Waals surface area contributed by atoms with Gasteiger partial charge in [-0.15, -0.1) is 0 Å². The van der Waals surface area contributed by atoms with Crippen molar-refractivity contribution < 1.29 is 24.9 Å². The maximum absolute atomic E-state index is 10.9. The molecule has 0 bridgehead atoms. The van der Waals surface area contributed by atoms with Gasteiger partial charge in [-0.25, -0.2) is 0 Å². The second-order valence-corrected chi connectivity index (χ2v) is 5.08. The highest BCUT2D eigenvalue weighted by Gasteiger charge is 2.43. The number of aliphatic hydroxyl groups is 3. The number of hydrogen-bond acceptors (Lipinski definition) is 5. The van der Waals surface area contributed by atoms with E-state index in [9.17, 15) is 15.0 Å². The molecular formula is C10H12INO5. The first-order valence-electron chi connectivity index (χ1n) is 5.03. The lowest BCUT2D eigenvalue weighted by Crippen LogP contribution is -2.33. The molecule has 1 aromatic heterocycles. The first-order valence-corrected chi connectivity index (χ1v) is 6.11. The number of hydrogen-bond donors (Lipinski definition) is 3. The molecule has 2 heterocycles. The van der Waals surface area contributed by atoms with Gasteiger partial charge in [0.25, 0.3) is 0 Å². The number of ether oxygens (including phenoxy) is 1. The lowest BCUT2D eigenvalue weighted by molar-refractivity contribution is -0.0531. The molecule has 1 saturated heterocycles. The predicted octanol–water partition coefficient (Wildman–Crippen LogP) is -0.483. The van der Waals surface area contributed by atoms with E-state index >= 15 is 0 Å². The highest BCUT2D eigenvalue weighted by Crippen LogP contribution is 2.31. The molecule has 2 unspecified atom stereocenters. The summed E-state index contributed by atoms with van der Waals surface area (Å²) < 4.78 is 7.61. The molecule has 3 N–H and O–H groups in total. The van der Waals surface area contributed by atoms with E-state index in [1.807, 2.05) is 22.6 Å². The van der Waals surface area contributed by atoms with Crippen molar-refractivity contribution in [1.82, 2.24) is 4.57 Å². The van der Waals surface area contributed by atoms with E-state index in [1.165, 1.54) is 4.57 Å². The van der Waals surface area contributed by atoms with Crippen LogP contribution in [0.2, 0.25) is 0 Å². The molecule has 6 nitrogen and oxygen atoms in total. The third-order valence-electron chi connectivity index (χ3n) is 2.76. The van der Waals surface area contributed by atoms with Crippen molar-refractivity contribution in [3.05, 3.63) is 21.5 Å². The Morgan fingerprint density at radius 3 is 2.71 bits per heavy atom. The summed E-state index contributed by atoms with van der Waals surface area (Å²) in [6.45, 7) is -0.385. The minimum absolute atomic E-state index is 0.351. The molecule has 1 fully saturated rings. The van der Waals surface area contributed by atoms with Crippen molar-refractivity contribution in [2.75, 3.05) is 6.61 Å². The zero-order valence-electron chi connectivity index (χ0n) is 8.73. The van der Waals surface area contributed by atoms with E-state index in [4.69, 9.17) is 9.84 Å². The van der Waals surface area contributed by atoms with Gasteiger partial charge in [0, 0.05) is 9.77 Å². The number of aliphatic hydroxyl groups excluding tert-OH is 3. The van der Waals surface area contributed by atoms with Crippen molar-refractivity contribution in [3.63, 3.8) is 0 Å². The fourth-order valence-electron chi connectivity index (χ4n) is 1.89. The van der Waals surface area contributed by atoms with Gasteiger partial charge in [-0.2, -0.15) is 0 Å². The Kier molecular flexibility index (Phi) is 3.83. The average Bonchev–Trinajstić information content (AvgIpc) is 2.82. The highest BCUT2D eigenvalue weighted by molar-refractivity contribution is 14.1. The van der Waals surface area contributed by atoms with Crippen LogP contribution in [0, 0.1) is 3.57 Å². The molecule has 0 radical (unpaired) electrons. The number of aldehydes is 1. The van der Waals surface area contributed by atoms with Gasteiger partial charge in [0.15, 0.2) is 12.5 Å². The van der Waals surface area contributed by atoms with Gasteiger partial charge >= 0.3 is 0 Å². The van der Waals surface area contributed by atoms with Gasteiger partial charge in [-0.1, -0.05) is 0 Å². The van der Waals surface area contributed by atoms with Crippen LogP contribution in [0.4, 0.5) is 0 Å². The second-order valence-electron chi connectivity index (χ2n) is 3.84. The van der Waals surface area contributed by atoms with E-state index < -0.39 is 24.5 Å². The van der Waals surface area contributed by atoms with Crippen molar-refractivity contribution >= 4 is 28.9 Å². The summed E-state index contributed by atoms with van der Waals surface area (Å²) in [4.78, 5) is 10.9.